The Kier molecular flexibility index (Phi) is 10.1. The second-order valence-corrected chi connectivity index (χ2v) is 14.9. The lowest BCUT2D eigenvalue weighted by Gasteiger charge is -2.44. The van der Waals surface area contributed by atoms with Crippen LogP contribution in [0.2, 0.25) is 0 Å². The normalized spacial score (nSPS) is 18.9. The fourth-order valence-corrected chi connectivity index (χ4v) is 9.02. The maximum atomic E-state index is 4.91. The van der Waals surface area contributed by atoms with E-state index in [1.54, 1.807) is 11.1 Å². The average Bonchev–Trinajstić information content (AvgIpc) is 3.64. The van der Waals surface area contributed by atoms with Crippen molar-refractivity contribution in [3.8, 4) is 17.1 Å². The van der Waals surface area contributed by atoms with Gasteiger partial charge in [-0.3, -0.25) is 9.47 Å². The number of nitrogens with one attached hydrogen (secondary N) is 1. The molecule has 8 nitrogen and oxygen atoms in total. The highest BCUT2D eigenvalue weighted by atomic mass is 15.2. The highest BCUT2D eigenvalue weighted by molar-refractivity contribution is 5.81. The van der Waals surface area contributed by atoms with Gasteiger partial charge >= 0.3 is 0 Å². The maximum absolute atomic E-state index is 4.91. The van der Waals surface area contributed by atoms with E-state index >= 15 is 0 Å². The number of anilines is 2. The standard InChI is InChI=1S/C45H52N8/c1-5-6-16-42(33(3)46-4)52-24-11-15-39-38(14-10-17-43(39)52)34-20-25-50(26-21-34)36-22-27-51(32(2)29-36)37-18-19-45(47-31-37)53-28-23-40-44(53)30-41(49-48-40)35-12-8-7-9-13-35/h5,7-10,12-14,17-19,23,28,30-31,34,36,42,46H,1-3,6,11,15-16,20-22,24-27,29H2,4H3. The summed E-state index contributed by atoms with van der Waals surface area (Å²) in [5, 5.41) is 12.3. The van der Waals surface area contributed by atoms with Crippen LogP contribution in [0.5, 0.6) is 0 Å². The number of hydrogen-bond acceptors (Lipinski definition) is 7. The molecule has 0 amide bonds. The lowest BCUT2D eigenvalue weighted by atomic mass is 9.82. The Hall–Kier alpha value is -5.21. The van der Waals surface area contributed by atoms with Crippen molar-refractivity contribution in [2.45, 2.75) is 69.4 Å². The van der Waals surface area contributed by atoms with E-state index in [-0.39, 0.29) is 6.04 Å². The van der Waals surface area contributed by atoms with Gasteiger partial charge in [-0.25, -0.2) is 4.98 Å². The molecule has 272 valence electrons. The summed E-state index contributed by atoms with van der Waals surface area (Å²) in [7, 11) is 2.00. The second kappa shape index (κ2) is 15.4. The van der Waals surface area contributed by atoms with E-state index in [0.29, 0.717) is 12.0 Å². The molecule has 2 saturated heterocycles. The van der Waals surface area contributed by atoms with Crippen molar-refractivity contribution in [1.82, 2.24) is 30.0 Å². The summed E-state index contributed by atoms with van der Waals surface area (Å²) in [6, 6.07) is 26.4. The number of benzene rings is 2. The summed E-state index contributed by atoms with van der Waals surface area (Å²) >= 11 is 0. The van der Waals surface area contributed by atoms with Gasteiger partial charge in [-0.2, -0.15) is 0 Å². The van der Waals surface area contributed by atoms with Crippen LogP contribution in [0.1, 0.15) is 62.0 Å². The van der Waals surface area contributed by atoms with Gasteiger partial charge < -0.3 is 15.1 Å². The number of likely N-dealkylation sites (tertiary alicyclic amines) is 1. The van der Waals surface area contributed by atoms with Crippen LogP contribution in [0.25, 0.3) is 28.1 Å². The third-order valence-corrected chi connectivity index (χ3v) is 11.9. The van der Waals surface area contributed by atoms with Gasteiger partial charge in [0.25, 0.3) is 0 Å². The number of pyridine rings is 1. The summed E-state index contributed by atoms with van der Waals surface area (Å²) in [5.74, 6) is 1.48. The van der Waals surface area contributed by atoms with Crippen molar-refractivity contribution < 1.29 is 0 Å². The van der Waals surface area contributed by atoms with Crippen molar-refractivity contribution >= 4 is 22.4 Å². The summed E-state index contributed by atoms with van der Waals surface area (Å²) in [5.41, 5.74) is 11.7. The molecular formula is C45H52N8. The van der Waals surface area contributed by atoms with Gasteiger partial charge in [0.2, 0.25) is 0 Å². The van der Waals surface area contributed by atoms with Crippen molar-refractivity contribution in [3.63, 3.8) is 0 Å². The Balaban J connectivity index is 0.899. The first-order valence-electron chi connectivity index (χ1n) is 19.4. The molecule has 0 radical (unpaired) electrons. The number of piperidine rings is 2. The quantitative estimate of drug-likeness (QED) is 0.138. The number of likely N-dealkylation sites (N-methyl/N-ethyl adjacent to an activating group) is 1. The largest absolute Gasteiger partial charge is 0.390 e. The van der Waals surface area contributed by atoms with Crippen molar-refractivity contribution in [2.24, 2.45) is 0 Å². The molecule has 2 fully saturated rings. The molecule has 2 unspecified atom stereocenters. The predicted molar refractivity (Wildman–Crippen MR) is 219 cm³/mol. The van der Waals surface area contributed by atoms with Crippen LogP contribution in [-0.2, 0) is 6.42 Å². The Morgan fingerprint density at radius 1 is 0.962 bits per heavy atom. The molecule has 2 aromatic carbocycles. The van der Waals surface area contributed by atoms with Crippen molar-refractivity contribution in [1.29, 1.82) is 0 Å². The molecule has 3 aliphatic rings. The molecule has 0 aliphatic carbocycles. The number of nitrogens with zero attached hydrogens (tertiary/aromatic N) is 7. The molecule has 1 N–H and O–H groups in total. The van der Waals surface area contributed by atoms with Gasteiger partial charge in [0.05, 0.1) is 29.1 Å². The molecule has 8 heteroatoms. The number of rotatable bonds is 11. The van der Waals surface area contributed by atoms with Crippen LogP contribution in [-0.4, -0.2) is 70.0 Å². The molecule has 0 saturated carbocycles. The average molecular weight is 705 g/mol. The Bertz CT molecular complexity index is 2080. The number of fused-ring (bicyclic) bond motifs is 2. The number of hydrogen-bond donors (Lipinski definition) is 1. The van der Waals surface area contributed by atoms with Crippen LogP contribution in [0.3, 0.4) is 0 Å². The van der Waals surface area contributed by atoms with Crippen LogP contribution in [0, 0.1) is 0 Å². The van der Waals surface area contributed by atoms with E-state index in [1.165, 1.54) is 37.1 Å². The number of allylic oxidation sites excluding steroid dienone is 1. The fourth-order valence-electron chi connectivity index (χ4n) is 9.02. The van der Waals surface area contributed by atoms with E-state index in [4.69, 9.17) is 4.98 Å². The summed E-state index contributed by atoms with van der Waals surface area (Å²) in [6.07, 6.45) is 15.0. The topological polar surface area (TPSA) is 65.3 Å². The lowest BCUT2D eigenvalue weighted by molar-refractivity contribution is 0.138. The summed E-state index contributed by atoms with van der Waals surface area (Å²) in [6.45, 7) is 17.3. The van der Waals surface area contributed by atoms with Gasteiger partial charge in [-0.05, 0) is 105 Å². The monoisotopic (exact) mass is 704 g/mol. The van der Waals surface area contributed by atoms with E-state index < -0.39 is 0 Å². The molecule has 0 spiro atoms. The molecule has 5 aromatic rings. The second-order valence-electron chi connectivity index (χ2n) is 14.9. The molecular weight excluding hydrogens is 653 g/mol. The van der Waals surface area contributed by atoms with Crippen LogP contribution < -0.4 is 15.1 Å². The zero-order chi connectivity index (χ0) is 36.3. The Morgan fingerprint density at radius 2 is 1.81 bits per heavy atom. The molecule has 0 bridgehead atoms. The minimum absolute atomic E-state index is 0.283. The van der Waals surface area contributed by atoms with Gasteiger partial charge in [0, 0.05) is 61.4 Å². The molecule has 6 heterocycles. The minimum Gasteiger partial charge on any atom is -0.390 e. The summed E-state index contributed by atoms with van der Waals surface area (Å²) < 4.78 is 2.09. The van der Waals surface area contributed by atoms with Gasteiger partial charge in [0.1, 0.15) is 11.3 Å². The predicted octanol–water partition coefficient (Wildman–Crippen LogP) is 8.67. The molecule has 3 aromatic heterocycles. The molecule has 3 aliphatic heterocycles. The highest BCUT2D eigenvalue weighted by Gasteiger charge is 2.33. The van der Waals surface area contributed by atoms with E-state index in [2.05, 4.69) is 103 Å². The smallest absolute Gasteiger partial charge is 0.137 e. The van der Waals surface area contributed by atoms with Gasteiger partial charge in [0.15, 0.2) is 0 Å². The first kappa shape index (κ1) is 34.9. The Morgan fingerprint density at radius 3 is 2.57 bits per heavy atom. The molecule has 8 rings (SSSR count). The van der Waals surface area contributed by atoms with Crippen molar-refractivity contribution in [2.75, 3.05) is 43.0 Å². The van der Waals surface area contributed by atoms with Gasteiger partial charge in [-0.1, -0.05) is 61.7 Å². The highest BCUT2D eigenvalue weighted by Crippen LogP contribution is 2.40. The number of aromatic nitrogens is 4. The lowest BCUT2D eigenvalue weighted by Crippen LogP contribution is -2.46. The van der Waals surface area contributed by atoms with Crippen LogP contribution in [0.4, 0.5) is 11.4 Å². The van der Waals surface area contributed by atoms with Gasteiger partial charge in [-0.15, -0.1) is 16.8 Å². The first-order valence-corrected chi connectivity index (χ1v) is 19.4. The summed E-state index contributed by atoms with van der Waals surface area (Å²) in [4.78, 5) is 12.6. The third-order valence-electron chi connectivity index (χ3n) is 11.9. The van der Waals surface area contributed by atoms with E-state index in [0.717, 1.165) is 91.4 Å². The molecule has 53 heavy (non-hydrogen) atoms. The third kappa shape index (κ3) is 7.00. The zero-order valence-corrected chi connectivity index (χ0v) is 31.1. The Labute approximate surface area is 314 Å². The van der Waals surface area contributed by atoms with E-state index in [9.17, 15) is 0 Å². The SMILES string of the molecule is C=CCCC(C(=C)NC)N1CCCc2c(C3CCN(C4CCN(c5ccc(-n6ccc7nnc(-c8ccccc8)cc76)nc5)C(=C)C4)CC3)cccc21. The van der Waals surface area contributed by atoms with Crippen molar-refractivity contribution in [3.05, 3.63) is 134 Å². The fraction of sp³-hybridized carbons (Fsp3) is 0.356. The van der Waals surface area contributed by atoms with Crippen LogP contribution in [0.15, 0.2) is 122 Å². The van der Waals surface area contributed by atoms with E-state index in [1.807, 2.05) is 49.8 Å². The first-order chi connectivity index (χ1) is 26.0. The minimum atomic E-state index is 0.283. The van der Waals surface area contributed by atoms with Crippen LogP contribution >= 0.6 is 0 Å². The molecule has 2 atom stereocenters. The maximum Gasteiger partial charge on any atom is 0.137 e. The zero-order valence-electron chi connectivity index (χ0n) is 31.1.